The van der Waals surface area contributed by atoms with Crippen LogP contribution < -0.4 is 5.32 Å². The van der Waals surface area contributed by atoms with E-state index in [0.717, 1.165) is 16.2 Å². The van der Waals surface area contributed by atoms with Gasteiger partial charge in [-0.25, -0.2) is 4.52 Å². The van der Waals surface area contributed by atoms with E-state index >= 15 is 0 Å². The first-order valence-corrected chi connectivity index (χ1v) is 8.12. The van der Waals surface area contributed by atoms with E-state index in [1.165, 1.54) is 0 Å². The Hall–Kier alpha value is -2.78. The van der Waals surface area contributed by atoms with Crippen molar-refractivity contribution in [1.29, 1.82) is 5.26 Å². The van der Waals surface area contributed by atoms with Gasteiger partial charge in [-0.15, -0.1) is 11.8 Å². The van der Waals surface area contributed by atoms with E-state index in [4.69, 9.17) is 5.26 Å². The van der Waals surface area contributed by atoms with Gasteiger partial charge in [0.05, 0.1) is 28.9 Å². The SMILES string of the molecule is CCSc1c(C(=O)Nc2ccc(C#N)cc2)cnn2cccc12. The molecule has 2 aromatic heterocycles. The lowest BCUT2D eigenvalue weighted by Gasteiger charge is -2.11. The minimum absolute atomic E-state index is 0.207. The molecule has 6 heteroatoms. The number of thioether (sulfide) groups is 1. The quantitative estimate of drug-likeness (QED) is 0.746. The van der Waals surface area contributed by atoms with Gasteiger partial charge in [-0.3, -0.25) is 4.79 Å². The summed E-state index contributed by atoms with van der Waals surface area (Å²) in [6, 6.07) is 12.7. The predicted octanol–water partition coefficient (Wildman–Crippen LogP) is 3.57. The van der Waals surface area contributed by atoms with Crippen molar-refractivity contribution >= 4 is 28.9 Å². The number of benzene rings is 1. The fourth-order valence-electron chi connectivity index (χ4n) is 2.25. The number of nitrogens with zero attached hydrogens (tertiary/aromatic N) is 3. The third kappa shape index (κ3) is 3.05. The molecule has 1 N–H and O–H groups in total. The zero-order valence-corrected chi connectivity index (χ0v) is 13.3. The number of rotatable bonds is 4. The third-order valence-electron chi connectivity index (χ3n) is 3.32. The van der Waals surface area contributed by atoms with Crippen molar-refractivity contribution in [2.75, 3.05) is 11.1 Å². The molecule has 3 aromatic rings. The molecule has 23 heavy (non-hydrogen) atoms. The molecular weight excluding hydrogens is 308 g/mol. The van der Waals surface area contributed by atoms with Gasteiger partial charge in [0.15, 0.2) is 0 Å². The second-order valence-electron chi connectivity index (χ2n) is 4.80. The standard InChI is InChI=1S/C17H14N4OS/c1-2-23-16-14(11-19-21-9-3-4-15(16)21)17(22)20-13-7-5-12(10-18)6-8-13/h3-9,11H,2H2,1H3,(H,20,22). The fraction of sp³-hybridized carbons (Fsp3) is 0.118. The monoisotopic (exact) mass is 322 g/mol. The normalized spacial score (nSPS) is 10.4. The van der Waals surface area contributed by atoms with Crippen LogP contribution in [-0.2, 0) is 0 Å². The lowest BCUT2D eigenvalue weighted by molar-refractivity contribution is 0.102. The zero-order chi connectivity index (χ0) is 16.2. The van der Waals surface area contributed by atoms with Gasteiger partial charge >= 0.3 is 0 Å². The molecule has 0 spiro atoms. The summed E-state index contributed by atoms with van der Waals surface area (Å²) in [6.45, 7) is 2.05. The molecule has 0 aliphatic heterocycles. The molecule has 0 atom stereocenters. The van der Waals surface area contributed by atoms with Crippen LogP contribution in [0.3, 0.4) is 0 Å². The Morgan fingerprint density at radius 3 is 2.83 bits per heavy atom. The van der Waals surface area contributed by atoms with Crippen molar-refractivity contribution in [3.63, 3.8) is 0 Å². The van der Waals surface area contributed by atoms with Gasteiger partial charge in [-0.05, 0) is 42.2 Å². The van der Waals surface area contributed by atoms with Crippen molar-refractivity contribution in [1.82, 2.24) is 9.61 Å². The Morgan fingerprint density at radius 2 is 2.13 bits per heavy atom. The van der Waals surface area contributed by atoms with Crippen molar-refractivity contribution in [2.24, 2.45) is 0 Å². The number of amides is 1. The van der Waals surface area contributed by atoms with Crippen molar-refractivity contribution in [3.8, 4) is 6.07 Å². The summed E-state index contributed by atoms with van der Waals surface area (Å²) in [4.78, 5) is 13.5. The minimum atomic E-state index is -0.207. The number of nitrogens with one attached hydrogen (secondary N) is 1. The largest absolute Gasteiger partial charge is 0.322 e. The summed E-state index contributed by atoms with van der Waals surface area (Å²) in [5.74, 6) is 0.656. The molecule has 0 unspecified atom stereocenters. The van der Waals surface area contributed by atoms with Gasteiger partial charge in [-0.2, -0.15) is 10.4 Å². The molecular formula is C17H14N4OS. The highest BCUT2D eigenvalue weighted by Crippen LogP contribution is 2.28. The zero-order valence-electron chi connectivity index (χ0n) is 12.5. The Bertz CT molecular complexity index is 893. The van der Waals surface area contributed by atoms with Crippen molar-refractivity contribution in [3.05, 3.63) is 59.9 Å². The summed E-state index contributed by atoms with van der Waals surface area (Å²) in [7, 11) is 0. The van der Waals surface area contributed by atoms with Crippen molar-refractivity contribution < 1.29 is 4.79 Å². The van der Waals surface area contributed by atoms with Gasteiger partial charge in [0.25, 0.3) is 5.91 Å². The number of nitriles is 1. The molecule has 2 heterocycles. The van der Waals surface area contributed by atoms with Gasteiger partial charge in [0.1, 0.15) is 0 Å². The summed E-state index contributed by atoms with van der Waals surface area (Å²) >= 11 is 1.62. The summed E-state index contributed by atoms with van der Waals surface area (Å²) in [5, 5.41) is 15.9. The molecule has 5 nitrogen and oxygen atoms in total. The molecule has 0 aliphatic carbocycles. The highest BCUT2D eigenvalue weighted by Gasteiger charge is 2.16. The Kier molecular flexibility index (Phi) is 4.31. The maximum atomic E-state index is 12.6. The molecule has 0 saturated carbocycles. The number of carbonyl (C=O) groups excluding carboxylic acids is 1. The van der Waals surface area contributed by atoms with Gasteiger partial charge in [0, 0.05) is 16.8 Å². The number of carbonyl (C=O) groups is 1. The van der Waals surface area contributed by atoms with Crippen LogP contribution in [0.15, 0.2) is 53.7 Å². The van der Waals surface area contributed by atoms with E-state index in [2.05, 4.69) is 16.5 Å². The molecule has 114 valence electrons. The van der Waals surface area contributed by atoms with Crippen LogP contribution in [0.4, 0.5) is 5.69 Å². The smallest absolute Gasteiger partial charge is 0.258 e. The first-order chi connectivity index (χ1) is 11.2. The van der Waals surface area contributed by atoms with Crippen LogP contribution in [0.25, 0.3) is 5.52 Å². The van der Waals surface area contributed by atoms with Gasteiger partial charge < -0.3 is 5.32 Å². The number of fused-ring (bicyclic) bond motifs is 1. The molecule has 0 aliphatic rings. The maximum Gasteiger partial charge on any atom is 0.258 e. The van der Waals surface area contributed by atoms with E-state index in [0.29, 0.717) is 16.8 Å². The number of aromatic nitrogens is 2. The minimum Gasteiger partial charge on any atom is -0.322 e. The number of anilines is 1. The molecule has 0 radical (unpaired) electrons. The van der Waals surface area contributed by atoms with Crippen LogP contribution in [0, 0.1) is 11.3 Å². The lowest BCUT2D eigenvalue weighted by atomic mass is 10.2. The summed E-state index contributed by atoms with van der Waals surface area (Å²) in [6.07, 6.45) is 3.45. The van der Waals surface area contributed by atoms with Crippen LogP contribution in [0.2, 0.25) is 0 Å². The maximum absolute atomic E-state index is 12.6. The van der Waals surface area contributed by atoms with Crippen molar-refractivity contribution in [2.45, 2.75) is 11.8 Å². The first kappa shape index (κ1) is 15.1. The Labute approximate surface area is 137 Å². The average molecular weight is 322 g/mol. The molecule has 1 amide bonds. The van der Waals surface area contributed by atoms with Gasteiger partial charge in [0.2, 0.25) is 0 Å². The highest BCUT2D eigenvalue weighted by molar-refractivity contribution is 7.99. The third-order valence-corrected chi connectivity index (χ3v) is 4.33. The number of hydrogen-bond acceptors (Lipinski definition) is 4. The molecule has 0 saturated heterocycles. The van der Waals surface area contributed by atoms with Crippen LogP contribution in [0.1, 0.15) is 22.8 Å². The molecule has 3 rings (SSSR count). The number of hydrogen-bond donors (Lipinski definition) is 1. The first-order valence-electron chi connectivity index (χ1n) is 7.13. The predicted molar refractivity (Wildman–Crippen MR) is 90.7 cm³/mol. The van der Waals surface area contributed by atoms with E-state index in [1.54, 1.807) is 46.7 Å². The molecule has 0 bridgehead atoms. The van der Waals surface area contributed by atoms with Crippen LogP contribution in [-0.4, -0.2) is 21.3 Å². The fourth-order valence-corrected chi connectivity index (χ4v) is 3.15. The molecule has 0 fully saturated rings. The van der Waals surface area contributed by atoms with Gasteiger partial charge in [-0.1, -0.05) is 6.92 Å². The van der Waals surface area contributed by atoms with E-state index in [9.17, 15) is 4.79 Å². The van der Waals surface area contributed by atoms with E-state index in [1.807, 2.05) is 25.3 Å². The average Bonchev–Trinajstić information content (AvgIpc) is 3.05. The second-order valence-corrected chi connectivity index (χ2v) is 6.08. The second kappa shape index (κ2) is 6.55. The highest BCUT2D eigenvalue weighted by atomic mass is 32.2. The van der Waals surface area contributed by atoms with E-state index < -0.39 is 0 Å². The van der Waals surface area contributed by atoms with Crippen LogP contribution >= 0.6 is 11.8 Å². The lowest BCUT2D eigenvalue weighted by Crippen LogP contribution is -2.14. The summed E-state index contributed by atoms with van der Waals surface area (Å²) < 4.78 is 1.76. The topological polar surface area (TPSA) is 70.2 Å². The Balaban J connectivity index is 1.93. The Morgan fingerprint density at radius 1 is 1.35 bits per heavy atom. The summed E-state index contributed by atoms with van der Waals surface area (Å²) in [5.41, 5.74) is 2.68. The molecule has 1 aromatic carbocycles. The van der Waals surface area contributed by atoms with Crippen LogP contribution in [0.5, 0.6) is 0 Å². The van der Waals surface area contributed by atoms with E-state index in [-0.39, 0.29) is 5.91 Å².